The zero-order valence-corrected chi connectivity index (χ0v) is 28.1. The van der Waals surface area contributed by atoms with Crippen LogP contribution in [0.4, 0.5) is 14.6 Å². The van der Waals surface area contributed by atoms with Crippen molar-refractivity contribution in [2.45, 2.75) is 57.5 Å². The number of aromatic nitrogens is 5. The SMILES string of the molecule is COc1c(F)ccc2c1CC[C@H]2Nc1ncnc2cc(-c3c4c(nc(CCc5ccc(F)cc5)c3-c3nnc(C)o3)C3CCCN3C4=O)sc12. The van der Waals surface area contributed by atoms with Crippen molar-refractivity contribution in [1.82, 2.24) is 30.0 Å². The fourth-order valence-corrected chi connectivity index (χ4v) is 8.90. The van der Waals surface area contributed by atoms with Gasteiger partial charge in [0, 0.05) is 29.5 Å². The van der Waals surface area contributed by atoms with Crippen LogP contribution in [0.25, 0.3) is 32.1 Å². The fraction of sp³-hybridized carbons (Fsp3) is 0.297. The molecule has 1 unspecified atom stereocenters. The highest BCUT2D eigenvalue weighted by Crippen LogP contribution is 2.50. The molecule has 9 rings (SSSR count). The lowest BCUT2D eigenvalue weighted by Crippen LogP contribution is -2.22. The normalized spacial score (nSPS) is 17.8. The summed E-state index contributed by atoms with van der Waals surface area (Å²) >= 11 is 1.49. The van der Waals surface area contributed by atoms with Gasteiger partial charge in [-0.3, -0.25) is 9.78 Å². The molecule has 0 spiro atoms. The number of methoxy groups -OCH3 is 1. The van der Waals surface area contributed by atoms with E-state index < -0.39 is 0 Å². The van der Waals surface area contributed by atoms with Crippen LogP contribution in [0.2, 0.25) is 0 Å². The van der Waals surface area contributed by atoms with Gasteiger partial charge in [-0.05, 0) is 73.9 Å². The second-order valence-corrected chi connectivity index (χ2v) is 14.0. The zero-order valence-electron chi connectivity index (χ0n) is 27.3. The molecule has 6 aromatic rings. The molecule has 0 saturated carbocycles. The van der Waals surface area contributed by atoms with Crippen LogP contribution in [0.3, 0.4) is 0 Å². The van der Waals surface area contributed by atoms with Gasteiger partial charge in [-0.25, -0.2) is 18.7 Å². The molecule has 4 aromatic heterocycles. The Bertz CT molecular complexity index is 2320. The van der Waals surface area contributed by atoms with E-state index in [9.17, 15) is 13.6 Å². The van der Waals surface area contributed by atoms with Gasteiger partial charge in [0.1, 0.15) is 18.0 Å². The number of nitrogens with one attached hydrogen (secondary N) is 1. The van der Waals surface area contributed by atoms with Gasteiger partial charge in [0.2, 0.25) is 11.8 Å². The summed E-state index contributed by atoms with van der Waals surface area (Å²) in [5.41, 5.74) is 6.89. The molecule has 50 heavy (non-hydrogen) atoms. The topological polar surface area (TPSA) is 119 Å². The van der Waals surface area contributed by atoms with E-state index in [4.69, 9.17) is 14.1 Å². The highest BCUT2D eigenvalue weighted by molar-refractivity contribution is 7.22. The number of pyridine rings is 1. The Morgan fingerprint density at radius 2 is 1.90 bits per heavy atom. The molecule has 252 valence electrons. The summed E-state index contributed by atoms with van der Waals surface area (Å²) in [6, 6.07) is 11.5. The van der Waals surface area contributed by atoms with Crippen LogP contribution < -0.4 is 10.1 Å². The number of aryl methyl sites for hydroxylation is 3. The number of nitrogens with zero attached hydrogens (tertiary/aromatic N) is 6. The van der Waals surface area contributed by atoms with Gasteiger partial charge in [-0.1, -0.05) is 18.2 Å². The number of hydrogen-bond acceptors (Lipinski definition) is 10. The Labute approximate surface area is 289 Å². The number of anilines is 1. The van der Waals surface area contributed by atoms with Crippen LogP contribution in [-0.4, -0.2) is 49.6 Å². The van der Waals surface area contributed by atoms with E-state index in [1.165, 1.54) is 43.0 Å². The minimum atomic E-state index is -0.372. The first-order valence-corrected chi connectivity index (χ1v) is 17.5. The number of carbonyl (C=O) groups is 1. The maximum absolute atomic E-state index is 14.5. The Hall–Kier alpha value is -5.30. The van der Waals surface area contributed by atoms with Gasteiger partial charge in [-0.15, -0.1) is 21.5 Å². The summed E-state index contributed by atoms with van der Waals surface area (Å²) in [5.74, 6) is 0.894. The number of amides is 1. The Morgan fingerprint density at radius 1 is 1.04 bits per heavy atom. The number of hydrogen-bond donors (Lipinski definition) is 1. The minimum Gasteiger partial charge on any atom is -0.493 e. The molecule has 10 nitrogen and oxygen atoms in total. The summed E-state index contributed by atoms with van der Waals surface area (Å²) in [5, 5.41) is 12.2. The summed E-state index contributed by atoms with van der Waals surface area (Å²) in [7, 11) is 1.49. The highest BCUT2D eigenvalue weighted by atomic mass is 32.1. The van der Waals surface area contributed by atoms with E-state index >= 15 is 0 Å². The number of ether oxygens (including phenoxy) is 1. The molecule has 1 saturated heterocycles. The summed E-state index contributed by atoms with van der Waals surface area (Å²) in [4.78, 5) is 31.4. The van der Waals surface area contributed by atoms with Crippen molar-refractivity contribution in [2.75, 3.05) is 19.0 Å². The van der Waals surface area contributed by atoms with E-state index in [0.29, 0.717) is 54.2 Å². The first-order valence-electron chi connectivity index (χ1n) is 16.7. The molecular weight excluding hydrogens is 661 g/mol. The molecule has 0 bridgehead atoms. The van der Waals surface area contributed by atoms with Crippen LogP contribution in [0.1, 0.15) is 75.7 Å². The molecule has 1 amide bonds. The van der Waals surface area contributed by atoms with Crippen molar-refractivity contribution in [3.63, 3.8) is 0 Å². The predicted molar refractivity (Wildman–Crippen MR) is 183 cm³/mol. The Balaban J connectivity index is 1.20. The quantitative estimate of drug-likeness (QED) is 0.172. The first kappa shape index (κ1) is 30.7. The smallest absolute Gasteiger partial charge is 0.257 e. The molecule has 2 atom stereocenters. The maximum atomic E-state index is 14.5. The largest absolute Gasteiger partial charge is 0.493 e. The van der Waals surface area contributed by atoms with E-state index in [1.807, 2.05) is 11.0 Å². The molecule has 0 radical (unpaired) electrons. The molecule has 13 heteroatoms. The fourth-order valence-electron chi connectivity index (χ4n) is 7.78. The third-order valence-electron chi connectivity index (χ3n) is 10.0. The van der Waals surface area contributed by atoms with Gasteiger partial charge in [0.05, 0.1) is 51.9 Å². The number of rotatable bonds is 8. The van der Waals surface area contributed by atoms with Crippen LogP contribution in [0.15, 0.2) is 53.2 Å². The van der Waals surface area contributed by atoms with Crippen molar-refractivity contribution in [2.24, 2.45) is 0 Å². The molecule has 1 aliphatic carbocycles. The van der Waals surface area contributed by atoms with E-state index in [0.717, 1.165) is 62.4 Å². The van der Waals surface area contributed by atoms with Gasteiger partial charge >= 0.3 is 0 Å². The van der Waals surface area contributed by atoms with Crippen molar-refractivity contribution >= 4 is 33.3 Å². The molecule has 1 fully saturated rings. The van der Waals surface area contributed by atoms with Crippen molar-refractivity contribution in [3.8, 4) is 27.6 Å². The summed E-state index contributed by atoms with van der Waals surface area (Å²) in [6.45, 7) is 2.40. The average Bonchev–Trinajstić information content (AvgIpc) is 3.96. The van der Waals surface area contributed by atoms with E-state index in [1.54, 1.807) is 25.1 Å². The monoisotopic (exact) mass is 691 g/mol. The third-order valence-corrected chi connectivity index (χ3v) is 11.2. The van der Waals surface area contributed by atoms with E-state index in [-0.39, 0.29) is 41.3 Å². The number of halogens is 2. The van der Waals surface area contributed by atoms with Crippen molar-refractivity contribution in [3.05, 3.63) is 100.0 Å². The molecule has 6 heterocycles. The molecule has 2 aliphatic heterocycles. The number of benzene rings is 2. The van der Waals surface area contributed by atoms with E-state index in [2.05, 4.69) is 25.5 Å². The lowest BCUT2D eigenvalue weighted by molar-refractivity contribution is 0.0776. The average molecular weight is 692 g/mol. The van der Waals surface area contributed by atoms with Crippen LogP contribution in [0, 0.1) is 18.6 Å². The second kappa shape index (κ2) is 11.9. The Kier molecular flexibility index (Phi) is 7.34. The maximum Gasteiger partial charge on any atom is 0.257 e. The Morgan fingerprint density at radius 3 is 2.70 bits per heavy atom. The van der Waals surface area contributed by atoms with Crippen LogP contribution >= 0.6 is 11.3 Å². The van der Waals surface area contributed by atoms with Gasteiger partial charge in [-0.2, -0.15) is 0 Å². The number of thiophene rings is 1. The summed E-state index contributed by atoms with van der Waals surface area (Å²) in [6.07, 6.45) is 5.80. The molecular formula is C37H31F2N7O3S. The predicted octanol–water partition coefficient (Wildman–Crippen LogP) is 7.57. The second-order valence-electron chi connectivity index (χ2n) is 12.9. The highest BCUT2D eigenvalue weighted by Gasteiger charge is 2.45. The van der Waals surface area contributed by atoms with Crippen molar-refractivity contribution in [1.29, 1.82) is 0 Å². The molecule has 3 aliphatic rings. The van der Waals surface area contributed by atoms with Gasteiger partial charge in [0.25, 0.3) is 5.91 Å². The first-order chi connectivity index (χ1) is 24.4. The summed E-state index contributed by atoms with van der Waals surface area (Å²) < 4.78 is 40.5. The van der Waals surface area contributed by atoms with Crippen LogP contribution in [-0.2, 0) is 19.3 Å². The molecule has 1 N–H and O–H groups in total. The van der Waals surface area contributed by atoms with Gasteiger partial charge in [0.15, 0.2) is 11.6 Å². The zero-order chi connectivity index (χ0) is 34.1. The standard InChI is InChI=1S/C37H31F2N7O3S/c1-18-44-45-36(49-18)29-25(13-7-19-5-8-20(38)9-6-19)42-32-27-4-3-15-46(27)37(47)31(32)30(29)28-16-26-34(50-28)35(41-17-40-26)43-24-14-11-22-21(24)10-12-23(39)33(22)48-2/h5-6,8-10,12,16-17,24,27H,3-4,7,11,13-15H2,1-2H3,(H,40,41,43)/t24-,27?/m1/s1. The van der Waals surface area contributed by atoms with Crippen LogP contribution in [0.5, 0.6) is 5.75 Å². The van der Waals surface area contributed by atoms with Crippen molar-refractivity contribution < 1.29 is 22.7 Å². The lowest BCUT2D eigenvalue weighted by atomic mass is 9.93. The molecule has 2 aromatic carbocycles. The minimum absolute atomic E-state index is 0.0572. The number of carbonyl (C=O) groups excluding carboxylic acids is 1. The lowest BCUT2D eigenvalue weighted by Gasteiger charge is -2.16. The number of fused-ring (bicyclic) bond motifs is 5. The van der Waals surface area contributed by atoms with Gasteiger partial charge < -0.3 is 19.4 Å². The third kappa shape index (κ3) is 4.93.